The number of likely N-dealkylation sites (tertiary alicyclic amines) is 1. The van der Waals surface area contributed by atoms with E-state index in [1.807, 2.05) is 19.1 Å². The average Bonchev–Trinajstić information content (AvgIpc) is 2.72. The molecule has 0 aliphatic carbocycles. The highest BCUT2D eigenvalue weighted by atomic mass is 19.4. The van der Waals surface area contributed by atoms with Crippen molar-refractivity contribution >= 4 is 5.96 Å². The van der Waals surface area contributed by atoms with Crippen LogP contribution in [0.4, 0.5) is 13.2 Å². The number of benzene rings is 1. The van der Waals surface area contributed by atoms with E-state index in [0.29, 0.717) is 38.1 Å². The van der Waals surface area contributed by atoms with Crippen molar-refractivity contribution in [3.05, 3.63) is 29.8 Å². The van der Waals surface area contributed by atoms with E-state index in [0.717, 1.165) is 30.6 Å². The molecule has 1 aromatic rings. The maximum atomic E-state index is 12.5. The zero-order valence-corrected chi connectivity index (χ0v) is 17.7. The molecule has 0 radical (unpaired) electrons. The summed E-state index contributed by atoms with van der Waals surface area (Å²) in [6.45, 7) is 3.74. The second-order valence-electron chi connectivity index (χ2n) is 7.56. The molecule has 1 aliphatic rings. The number of methoxy groups -OCH3 is 1. The van der Waals surface area contributed by atoms with E-state index in [1.54, 1.807) is 19.2 Å². The summed E-state index contributed by atoms with van der Waals surface area (Å²) < 4.78 is 42.6. The van der Waals surface area contributed by atoms with E-state index in [-0.39, 0.29) is 6.54 Å². The standard InChI is InChI=1S/C21H33F3N4O2/c1-3-25-20(27-14-19(29)17-4-6-18(30-2)7-5-17)26-11-8-16-9-12-28(13-10-16)15-21(22,23)24/h4-7,16,19,29H,3,8-15H2,1-2H3,(H2,25,26,27). The summed E-state index contributed by atoms with van der Waals surface area (Å²) in [5.74, 6) is 1.77. The van der Waals surface area contributed by atoms with Crippen LogP contribution in [-0.2, 0) is 0 Å². The van der Waals surface area contributed by atoms with Crippen molar-refractivity contribution in [2.75, 3.05) is 46.4 Å². The average molecular weight is 431 g/mol. The molecule has 0 spiro atoms. The highest BCUT2D eigenvalue weighted by molar-refractivity contribution is 5.79. The van der Waals surface area contributed by atoms with Crippen LogP contribution < -0.4 is 15.4 Å². The molecule has 0 bridgehead atoms. The lowest BCUT2D eigenvalue weighted by atomic mass is 9.93. The molecule has 0 aromatic heterocycles. The molecule has 1 saturated heterocycles. The number of hydrogen-bond donors (Lipinski definition) is 3. The molecule has 2 rings (SSSR count). The number of alkyl halides is 3. The highest BCUT2D eigenvalue weighted by Crippen LogP contribution is 2.24. The van der Waals surface area contributed by atoms with Crippen LogP contribution in [0.1, 0.15) is 37.9 Å². The van der Waals surface area contributed by atoms with Crippen LogP contribution in [0.15, 0.2) is 29.3 Å². The van der Waals surface area contributed by atoms with Gasteiger partial charge in [-0.3, -0.25) is 9.89 Å². The number of aliphatic hydroxyl groups excluding tert-OH is 1. The normalized spacial score (nSPS) is 17.6. The second kappa shape index (κ2) is 12.0. The maximum absolute atomic E-state index is 12.5. The molecule has 1 unspecified atom stereocenters. The minimum atomic E-state index is -4.12. The summed E-state index contributed by atoms with van der Waals surface area (Å²) in [5, 5.41) is 16.8. The number of nitrogens with one attached hydrogen (secondary N) is 2. The Morgan fingerprint density at radius 3 is 2.47 bits per heavy atom. The molecular formula is C21H33F3N4O2. The molecule has 3 N–H and O–H groups in total. The van der Waals surface area contributed by atoms with Gasteiger partial charge in [0.05, 0.1) is 26.3 Å². The first-order chi connectivity index (χ1) is 14.3. The molecule has 1 aliphatic heterocycles. The van der Waals surface area contributed by atoms with Gasteiger partial charge in [0.2, 0.25) is 0 Å². The molecule has 6 nitrogen and oxygen atoms in total. The van der Waals surface area contributed by atoms with Crippen LogP contribution in [0, 0.1) is 5.92 Å². The number of aliphatic imine (C=N–C) groups is 1. The fourth-order valence-electron chi connectivity index (χ4n) is 3.53. The number of aliphatic hydroxyl groups is 1. The molecule has 1 aromatic carbocycles. The topological polar surface area (TPSA) is 69.1 Å². The van der Waals surface area contributed by atoms with E-state index >= 15 is 0 Å². The van der Waals surface area contributed by atoms with Crippen LogP contribution in [-0.4, -0.2) is 68.5 Å². The fraction of sp³-hybridized carbons (Fsp3) is 0.667. The highest BCUT2D eigenvalue weighted by Gasteiger charge is 2.32. The second-order valence-corrected chi connectivity index (χ2v) is 7.56. The third-order valence-corrected chi connectivity index (χ3v) is 5.22. The lowest BCUT2D eigenvalue weighted by molar-refractivity contribution is -0.148. The van der Waals surface area contributed by atoms with Crippen molar-refractivity contribution < 1.29 is 23.0 Å². The molecule has 30 heavy (non-hydrogen) atoms. The van der Waals surface area contributed by atoms with Gasteiger partial charge in [0.25, 0.3) is 0 Å². The number of hydrogen-bond acceptors (Lipinski definition) is 4. The van der Waals surface area contributed by atoms with E-state index in [2.05, 4.69) is 15.6 Å². The largest absolute Gasteiger partial charge is 0.497 e. The summed E-state index contributed by atoms with van der Waals surface area (Å²) in [5.41, 5.74) is 0.765. The van der Waals surface area contributed by atoms with Crippen molar-refractivity contribution in [2.45, 2.75) is 38.5 Å². The Kier molecular flexibility index (Phi) is 9.71. The molecule has 0 saturated carbocycles. The first-order valence-corrected chi connectivity index (χ1v) is 10.4. The number of piperidine rings is 1. The number of ether oxygens (including phenoxy) is 1. The summed E-state index contributed by atoms with van der Waals surface area (Å²) in [7, 11) is 1.59. The first kappa shape index (κ1) is 24.3. The molecule has 1 fully saturated rings. The Balaban J connectivity index is 1.74. The van der Waals surface area contributed by atoms with Gasteiger partial charge in [-0.05, 0) is 62.9 Å². The van der Waals surface area contributed by atoms with Gasteiger partial charge in [0.15, 0.2) is 5.96 Å². The Morgan fingerprint density at radius 1 is 1.23 bits per heavy atom. The van der Waals surface area contributed by atoms with E-state index in [1.165, 1.54) is 4.90 Å². The van der Waals surface area contributed by atoms with Crippen LogP contribution >= 0.6 is 0 Å². The molecule has 9 heteroatoms. The molecular weight excluding hydrogens is 397 g/mol. The van der Waals surface area contributed by atoms with Gasteiger partial charge in [-0.15, -0.1) is 0 Å². The van der Waals surface area contributed by atoms with Crippen molar-refractivity contribution in [2.24, 2.45) is 10.9 Å². The van der Waals surface area contributed by atoms with Gasteiger partial charge in [-0.2, -0.15) is 13.2 Å². The van der Waals surface area contributed by atoms with Gasteiger partial charge in [0, 0.05) is 13.1 Å². The van der Waals surface area contributed by atoms with E-state index < -0.39 is 18.8 Å². The lowest BCUT2D eigenvalue weighted by Crippen LogP contribution is -2.41. The van der Waals surface area contributed by atoms with Gasteiger partial charge in [-0.25, -0.2) is 0 Å². The van der Waals surface area contributed by atoms with E-state index in [4.69, 9.17) is 4.74 Å². The third-order valence-electron chi connectivity index (χ3n) is 5.22. The van der Waals surface area contributed by atoms with Crippen molar-refractivity contribution in [3.8, 4) is 5.75 Å². The number of guanidine groups is 1. The first-order valence-electron chi connectivity index (χ1n) is 10.4. The van der Waals surface area contributed by atoms with Crippen LogP contribution in [0.5, 0.6) is 5.75 Å². The Labute approximate surface area is 176 Å². The summed E-state index contributed by atoms with van der Waals surface area (Å²) >= 11 is 0. The van der Waals surface area contributed by atoms with Crippen LogP contribution in [0.2, 0.25) is 0 Å². The molecule has 1 atom stereocenters. The van der Waals surface area contributed by atoms with Gasteiger partial charge >= 0.3 is 6.18 Å². The summed E-state index contributed by atoms with van der Waals surface area (Å²) in [6, 6.07) is 7.21. The lowest BCUT2D eigenvalue weighted by Gasteiger charge is -2.32. The minimum Gasteiger partial charge on any atom is -0.497 e. The minimum absolute atomic E-state index is 0.220. The molecule has 1 heterocycles. The van der Waals surface area contributed by atoms with Gasteiger partial charge in [0.1, 0.15) is 5.75 Å². The quantitative estimate of drug-likeness (QED) is 0.415. The van der Waals surface area contributed by atoms with Crippen molar-refractivity contribution in [1.29, 1.82) is 0 Å². The monoisotopic (exact) mass is 430 g/mol. The fourth-order valence-corrected chi connectivity index (χ4v) is 3.53. The van der Waals surface area contributed by atoms with Crippen LogP contribution in [0.25, 0.3) is 0 Å². The smallest absolute Gasteiger partial charge is 0.401 e. The number of halogens is 3. The third kappa shape index (κ3) is 8.79. The predicted molar refractivity (Wildman–Crippen MR) is 112 cm³/mol. The Morgan fingerprint density at radius 2 is 1.90 bits per heavy atom. The number of rotatable bonds is 9. The zero-order chi connectivity index (χ0) is 22.0. The summed E-state index contributed by atoms with van der Waals surface area (Å²) in [4.78, 5) is 5.93. The SMILES string of the molecule is CCNC(=NCC(O)c1ccc(OC)cc1)NCCC1CCN(CC(F)(F)F)CC1. The molecule has 0 amide bonds. The summed E-state index contributed by atoms with van der Waals surface area (Å²) in [6.07, 6.45) is -2.40. The van der Waals surface area contributed by atoms with E-state index in [9.17, 15) is 18.3 Å². The molecule has 170 valence electrons. The Hall–Kier alpha value is -2.00. The predicted octanol–water partition coefficient (Wildman–Crippen LogP) is 2.95. The van der Waals surface area contributed by atoms with Crippen molar-refractivity contribution in [1.82, 2.24) is 15.5 Å². The van der Waals surface area contributed by atoms with Crippen molar-refractivity contribution in [3.63, 3.8) is 0 Å². The van der Waals surface area contributed by atoms with Crippen LogP contribution in [0.3, 0.4) is 0 Å². The number of nitrogens with zero attached hydrogens (tertiary/aromatic N) is 2. The van der Waals surface area contributed by atoms with Gasteiger partial charge < -0.3 is 20.5 Å². The Bertz CT molecular complexity index is 645. The maximum Gasteiger partial charge on any atom is 0.401 e. The zero-order valence-electron chi connectivity index (χ0n) is 17.7. The van der Waals surface area contributed by atoms with Gasteiger partial charge in [-0.1, -0.05) is 12.1 Å².